The number of thioether (sulfide) groups is 1. The Morgan fingerprint density at radius 1 is 1.40 bits per heavy atom. The van der Waals surface area contributed by atoms with Gasteiger partial charge in [0.15, 0.2) is 0 Å². The molecule has 1 aliphatic rings. The van der Waals surface area contributed by atoms with E-state index in [0.717, 1.165) is 5.56 Å². The molecule has 25 heavy (non-hydrogen) atoms. The average molecular weight is 378 g/mol. The molecule has 2 rings (SSSR count). The van der Waals surface area contributed by atoms with E-state index in [1.807, 2.05) is 32.9 Å². The molecule has 1 heterocycles. The molecular weight excluding hydrogens is 358 g/mol. The van der Waals surface area contributed by atoms with E-state index in [1.54, 1.807) is 12.1 Å². The van der Waals surface area contributed by atoms with Gasteiger partial charge in [-0.3, -0.25) is 9.59 Å². The van der Waals surface area contributed by atoms with Crippen LogP contribution in [0.15, 0.2) is 34.9 Å². The Kier molecular flexibility index (Phi) is 6.15. The molecule has 0 aromatic heterocycles. The van der Waals surface area contributed by atoms with Crippen molar-refractivity contribution in [3.63, 3.8) is 0 Å². The van der Waals surface area contributed by atoms with E-state index in [2.05, 4.69) is 16.7 Å². The highest BCUT2D eigenvalue weighted by atomic mass is 35.5. The van der Waals surface area contributed by atoms with Gasteiger partial charge in [0, 0.05) is 22.9 Å². The normalized spacial score (nSPS) is 17.7. The largest absolute Gasteiger partial charge is 0.351 e. The number of hydrogen-bond acceptors (Lipinski definition) is 4. The highest BCUT2D eigenvalue weighted by Crippen LogP contribution is 2.36. The molecule has 0 bridgehead atoms. The second-order valence-electron chi connectivity index (χ2n) is 6.80. The second kappa shape index (κ2) is 7.94. The van der Waals surface area contributed by atoms with E-state index in [-0.39, 0.29) is 35.4 Å². The number of nitrogens with one attached hydrogen (secondary N) is 2. The van der Waals surface area contributed by atoms with Crippen molar-refractivity contribution < 1.29 is 9.59 Å². The van der Waals surface area contributed by atoms with E-state index < -0.39 is 0 Å². The van der Waals surface area contributed by atoms with E-state index in [1.165, 1.54) is 11.8 Å². The second-order valence-corrected chi connectivity index (χ2v) is 8.22. The summed E-state index contributed by atoms with van der Waals surface area (Å²) >= 11 is 7.08. The summed E-state index contributed by atoms with van der Waals surface area (Å²) in [6, 6.07) is 9.30. The summed E-state index contributed by atoms with van der Waals surface area (Å²) in [5.74, 6) is -0.516. The zero-order chi connectivity index (χ0) is 18.6. The number of hydrogen-bond donors (Lipinski definition) is 2. The summed E-state index contributed by atoms with van der Waals surface area (Å²) in [7, 11) is 0. The lowest BCUT2D eigenvalue weighted by Gasteiger charge is -2.25. The number of benzene rings is 1. The van der Waals surface area contributed by atoms with Crippen LogP contribution in [0.4, 0.5) is 0 Å². The first kappa shape index (κ1) is 19.4. The average Bonchev–Trinajstić information content (AvgIpc) is 2.51. The molecule has 0 spiro atoms. The van der Waals surface area contributed by atoms with Crippen LogP contribution in [0.2, 0.25) is 5.02 Å². The van der Waals surface area contributed by atoms with E-state index >= 15 is 0 Å². The fraction of sp³-hybridized carbons (Fsp3) is 0.389. The minimum Gasteiger partial charge on any atom is -0.351 e. The minimum atomic E-state index is -0.329. The van der Waals surface area contributed by atoms with Crippen LogP contribution in [0, 0.1) is 11.3 Å². The van der Waals surface area contributed by atoms with Crippen LogP contribution in [-0.4, -0.2) is 23.1 Å². The summed E-state index contributed by atoms with van der Waals surface area (Å²) in [6.07, 6.45) is 0.197. The van der Waals surface area contributed by atoms with Crippen LogP contribution in [0.25, 0.3) is 0 Å². The number of rotatable bonds is 4. The van der Waals surface area contributed by atoms with Crippen molar-refractivity contribution in [2.24, 2.45) is 0 Å². The fourth-order valence-electron chi connectivity index (χ4n) is 2.50. The Balaban J connectivity index is 2.21. The molecular formula is C18H20ClN3O2S. The van der Waals surface area contributed by atoms with Gasteiger partial charge in [-0.2, -0.15) is 5.26 Å². The molecule has 1 atom stereocenters. The molecule has 2 N–H and O–H groups in total. The molecule has 2 amide bonds. The van der Waals surface area contributed by atoms with Crippen molar-refractivity contribution in [3.05, 3.63) is 45.5 Å². The van der Waals surface area contributed by atoms with E-state index in [4.69, 9.17) is 11.6 Å². The number of carbonyl (C=O) groups excluding carboxylic acids is 2. The van der Waals surface area contributed by atoms with Crippen molar-refractivity contribution in [2.45, 2.75) is 38.6 Å². The molecule has 132 valence electrons. The molecule has 0 fully saturated rings. The molecule has 1 aromatic carbocycles. The molecule has 0 radical (unpaired) electrons. The molecule has 0 saturated heterocycles. The first-order valence-corrected chi connectivity index (χ1v) is 9.19. The predicted molar refractivity (Wildman–Crippen MR) is 99.9 cm³/mol. The highest BCUT2D eigenvalue weighted by Gasteiger charge is 2.30. The molecule has 7 heteroatoms. The number of halogens is 1. The smallest absolute Gasteiger partial charge is 0.230 e. The standard InChI is InChI=1S/C18H20ClN3O2S/c1-18(2,3)22-16(24)10-25-17-14(9-20)13(8-15(23)21-17)11-4-6-12(19)7-5-11/h4-7,13H,8,10H2,1-3H3,(H,21,23)(H,22,24)/t13-/m1/s1. The SMILES string of the molecule is CC(C)(C)NC(=O)CSC1=C(C#N)[C@@H](c2ccc(Cl)cc2)CC(=O)N1. The molecule has 1 aliphatic heterocycles. The first-order valence-electron chi connectivity index (χ1n) is 7.83. The zero-order valence-corrected chi connectivity index (χ0v) is 15.9. The Labute approximate surface area is 156 Å². The minimum absolute atomic E-state index is 0.130. The molecule has 0 unspecified atom stereocenters. The lowest BCUT2D eigenvalue weighted by atomic mass is 9.87. The van der Waals surface area contributed by atoms with E-state index in [9.17, 15) is 14.9 Å². The topological polar surface area (TPSA) is 82.0 Å². The van der Waals surface area contributed by atoms with Gasteiger partial charge >= 0.3 is 0 Å². The van der Waals surface area contributed by atoms with E-state index in [0.29, 0.717) is 15.6 Å². The molecule has 0 saturated carbocycles. The number of allylic oxidation sites excluding steroid dienone is 1. The van der Waals surface area contributed by atoms with Crippen LogP contribution in [0.5, 0.6) is 0 Å². The highest BCUT2D eigenvalue weighted by molar-refractivity contribution is 8.03. The molecule has 0 aliphatic carbocycles. The van der Waals surface area contributed by atoms with Gasteiger partial charge in [0.2, 0.25) is 11.8 Å². The van der Waals surface area contributed by atoms with Gasteiger partial charge in [-0.1, -0.05) is 35.5 Å². The van der Waals surface area contributed by atoms with Crippen molar-refractivity contribution >= 4 is 35.2 Å². The fourth-order valence-corrected chi connectivity index (χ4v) is 3.51. The number of nitrogens with zero attached hydrogens (tertiary/aromatic N) is 1. The Morgan fingerprint density at radius 2 is 2.04 bits per heavy atom. The summed E-state index contributed by atoms with van der Waals surface area (Å²) in [5, 5.41) is 16.2. The van der Waals surface area contributed by atoms with Crippen LogP contribution in [0.1, 0.15) is 38.7 Å². The van der Waals surface area contributed by atoms with Crippen LogP contribution in [0.3, 0.4) is 0 Å². The third-order valence-electron chi connectivity index (χ3n) is 3.49. The van der Waals surface area contributed by atoms with Crippen LogP contribution >= 0.6 is 23.4 Å². The lowest BCUT2D eigenvalue weighted by Crippen LogP contribution is -2.41. The van der Waals surface area contributed by atoms with Gasteiger partial charge in [0.25, 0.3) is 0 Å². The third kappa shape index (κ3) is 5.52. The quantitative estimate of drug-likeness (QED) is 0.843. The van der Waals surface area contributed by atoms with Gasteiger partial charge in [0.05, 0.1) is 22.4 Å². The van der Waals surface area contributed by atoms with Crippen molar-refractivity contribution in [3.8, 4) is 6.07 Å². The van der Waals surface area contributed by atoms with Gasteiger partial charge < -0.3 is 10.6 Å². The lowest BCUT2D eigenvalue weighted by molar-refractivity contribution is -0.121. The van der Waals surface area contributed by atoms with Crippen molar-refractivity contribution in [1.29, 1.82) is 5.26 Å². The zero-order valence-electron chi connectivity index (χ0n) is 14.4. The van der Waals surface area contributed by atoms with Gasteiger partial charge in [-0.15, -0.1) is 0 Å². The monoisotopic (exact) mass is 377 g/mol. The predicted octanol–water partition coefficient (Wildman–Crippen LogP) is 3.33. The number of amides is 2. The van der Waals surface area contributed by atoms with Crippen LogP contribution < -0.4 is 10.6 Å². The summed E-state index contributed by atoms with van der Waals surface area (Å²) in [5.41, 5.74) is 0.995. The van der Waals surface area contributed by atoms with Crippen LogP contribution in [-0.2, 0) is 9.59 Å². The third-order valence-corrected chi connectivity index (χ3v) is 4.76. The Morgan fingerprint density at radius 3 is 2.60 bits per heavy atom. The van der Waals surface area contributed by atoms with Gasteiger partial charge in [-0.25, -0.2) is 0 Å². The maximum Gasteiger partial charge on any atom is 0.230 e. The van der Waals surface area contributed by atoms with Crippen molar-refractivity contribution in [2.75, 3.05) is 5.75 Å². The maximum atomic E-state index is 12.1. The number of nitriles is 1. The molecule has 5 nitrogen and oxygen atoms in total. The maximum absolute atomic E-state index is 12.1. The Bertz CT molecular complexity index is 745. The number of carbonyl (C=O) groups is 2. The summed E-state index contributed by atoms with van der Waals surface area (Å²) in [6.45, 7) is 5.69. The van der Waals surface area contributed by atoms with Gasteiger partial charge in [-0.05, 0) is 38.5 Å². The summed E-state index contributed by atoms with van der Waals surface area (Å²) in [4.78, 5) is 24.1. The first-order chi connectivity index (χ1) is 11.7. The van der Waals surface area contributed by atoms with Crippen molar-refractivity contribution in [1.82, 2.24) is 10.6 Å². The Hall–Kier alpha value is -1.97. The van der Waals surface area contributed by atoms with Gasteiger partial charge in [0.1, 0.15) is 0 Å². The molecule has 1 aromatic rings. The summed E-state index contributed by atoms with van der Waals surface area (Å²) < 4.78 is 0.